The van der Waals surface area contributed by atoms with Gasteiger partial charge in [-0.15, -0.1) is 0 Å². The van der Waals surface area contributed by atoms with Crippen molar-refractivity contribution in [2.24, 2.45) is 5.92 Å². The highest BCUT2D eigenvalue weighted by atomic mass is 16.5. The maximum atomic E-state index is 13.1. The molecule has 3 aromatic carbocycles. The van der Waals surface area contributed by atoms with E-state index in [2.05, 4.69) is 0 Å². The Balaban J connectivity index is 1.86. The largest absolute Gasteiger partial charge is 0.465 e. The van der Waals surface area contributed by atoms with E-state index in [1.165, 1.54) is 0 Å². The van der Waals surface area contributed by atoms with Crippen molar-refractivity contribution >= 4 is 17.5 Å². The lowest BCUT2D eigenvalue weighted by atomic mass is 9.90. The summed E-state index contributed by atoms with van der Waals surface area (Å²) in [6, 6.07) is 24.3. The van der Waals surface area contributed by atoms with Gasteiger partial charge in [0.25, 0.3) is 0 Å². The van der Waals surface area contributed by atoms with Gasteiger partial charge in [-0.3, -0.25) is 14.4 Å². The molecular formula is C25H22O5. The molecule has 0 fully saturated rings. The summed E-state index contributed by atoms with van der Waals surface area (Å²) < 4.78 is 10.9. The second-order valence-electron chi connectivity index (χ2n) is 6.57. The Bertz CT molecular complexity index is 1010. The van der Waals surface area contributed by atoms with Crippen LogP contribution in [0.2, 0.25) is 0 Å². The van der Waals surface area contributed by atoms with Crippen LogP contribution in [0.3, 0.4) is 0 Å². The normalized spacial score (nSPS) is 11.4. The highest BCUT2D eigenvalue weighted by Crippen LogP contribution is 2.27. The molecular weight excluding hydrogens is 380 g/mol. The van der Waals surface area contributed by atoms with Crippen LogP contribution < -0.4 is 4.74 Å². The number of esters is 1. The molecule has 5 nitrogen and oxygen atoms in total. The second kappa shape index (κ2) is 10.2. The topological polar surface area (TPSA) is 69.7 Å². The average Bonchev–Trinajstić information content (AvgIpc) is 2.78. The Morgan fingerprint density at radius 1 is 0.800 bits per heavy atom. The summed E-state index contributed by atoms with van der Waals surface area (Å²) in [7, 11) is 0. The molecule has 0 aliphatic heterocycles. The van der Waals surface area contributed by atoms with Gasteiger partial charge in [0.1, 0.15) is 17.4 Å². The van der Waals surface area contributed by atoms with Crippen LogP contribution in [0.25, 0.3) is 0 Å². The van der Waals surface area contributed by atoms with E-state index in [0.29, 0.717) is 22.6 Å². The molecule has 0 saturated carbocycles. The molecule has 0 saturated heterocycles. The minimum Gasteiger partial charge on any atom is -0.465 e. The van der Waals surface area contributed by atoms with Crippen molar-refractivity contribution in [3.8, 4) is 11.5 Å². The van der Waals surface area contributed by atoms with Crippen LogP contribution in [0.15, 0.2) is 84.9 Å². The van der Waals surface area contributed by atoms with Crippen molar-refractivity contribution in [1.82, 2.24) is 0 Å². The highest BCUT2D eigenvalue weighted by Gasteiger charge is 2.32. The zero-order valence-electron chi connectivity index (χ0n) is 16.6. The lowest BCUT2D eigenvalue weighted by molar-refractivity contribution is -0.146. The van der Waals surface area contributed by atoms with E-state index in [1.54, 1.807) is 73.7 Å². The summed E-state index contributed by atoms with van der Waals surface area (Å²) in [5.41, 5.74) is 0.661. The summed E-state index contributed by atoms with van der Waals surface area (Å²) in [6.45, 7) is 1.78. The first-order valence-electron chi connectivity index (χ1n) is 9.71. The van der Waals surface area contributed by atoms with Gasteiger partial charge >= 0.3 is 5.97 Å². The molecule has 1 atom stereocenters. The van der Waals surface area contributed by atoms with Crippen LogP contribution in [-0.2, 0) is 9.53 Å². The first kappa shape index (κ1) is 21.0. The number of rotatable bonds is 9. The van der Waals surface area contributed by atoms with Crippen LogP contribution in [0.5, 0.6) is 11.5 Å². The molecule has 30 heavy (non-hydrogen) atoms. The molecule has 0 radical (unpaired) electrons. The zero-order chi connectivity index (χ0) is 21.3. The van der Waals surface area contributed by atoms with Gasteiger partial charge in [0.2, 0.25) is 0 Å². The third-order valence-corrected chi connectivity index (χ3v) is 4.49. The van der Waals surface area contributed by atoms with E-state index in [0.717, 1.165) is 0 Å². The van der Waals surface area contributed by atoms with E-state index in [4.69, 9.17) is 9.47 Å². The lowest BCUT2D eigenvalue weighted by Gasteiger charge is -2.15. The van der Waals surface area contributed by atoms with Gasteiger partial charge in [0.05, 0.1) is 12.2 Å². The quantitative estimate of drug-likeness (QED) is 0.282. The molecule has 3 rings (SSSR count). The van der Waals surface area contributed by atoms with Crippen LogP contribution >= 0.6 is 0 Å². The molecule has 5 heteroatoms. The van der Waals surface area contributed by atoms with Crippen molar-refractivity contribution < 1.29 is 23.9 Å². The number of ketones is 2. The molecule has 152 valence electrons. The minimum atomic E-state index is -1.22. The highest BCUT2D eigenvalue weighted by molar-refractivity contribution is 6.12. The number of para-hydroxylation sites is 2. The summed E-state index contributed by atoms with van der Waals surface area (Å²) in [4.78, 5) is 38.5. The molecule has 0 amide bonds. The Labute approximate surface area is 175 Å². The first-order chi connectivity index (χ1) is 14.6. The van der Waals surface area contributed by atoms with Gasteiger partial charge in [-0.1, -0.05) is 60.7 Å². The number of hydrogen-bond acceptors (Lipinski definition) is 5. The summed E-state index contributed by atoms with van der Waals surface area (Å²) in [5, 5.41) is 0. The lowest BCUT2D eigenvalue weighted by Crippen LogP contribution is -2.29. The van der Waals surface area contributed by atoms with Crippen molar-refractivity contribution in [1.29, 1.82) is 0 Å². The molecule has 0 aromatic heterocycles. The number of ether oxygens (including phenoxy) is 2. The van der Waals surface area contributed by atoms with Crippen molar-refractivity contribution in [3.05, 3.63) is 96.1 Å². The number of carbonyl (C=O) groups excluding carboxylic acids is 3. The fraction of sp³-hybridized carbons (Fsp3) is 0.160. The van der Waals surface area contributed by atoms with E-state index in [-0.39, 0.29) is 18.8 Å². The predicted octanol–water partition coefficient (Wildman–Crippen LogP) is 5.11. The second-order valence-corrected chi connectivity index (χ2v) is 6.57. The average molecular weight is 402 g/mol. The fourth-order valence-corrected chi connectivity index (χ4v) is 3.03. The molecule has 0 heterocycles. The molecule has 1 unspecified atom stereocenters. The molecule has 0 bridgehead atoms. The van der Waals surface area contributed by atoms with Gasteiger partial charge in [-0.25, -0.2) is 0 Å². The number of benzene rings is 3. The van der Waals surface area contributed by atoms with Crippen molar-refractivity contribution in [2.75, 3.05) is 6.61 Å². The number of carbonyl (C=O) groups is 3. The fourth-order valence-electron chi connectivity index (χ4n) is 3.03. The van der Waals surface area contributed by atoms with Gasteiger partial charge in [-0.05, 0) is 31.2 Å². The van der Waals surface area contributed by atoms with E-state index in [1.807, 2.05) is 18.2 Å². The Hall–Kier alpha value is -3.73. The van der Waals surface area contributed by atoms with Crippen molar-refractivity contribution in [3.63, 3.8) is 0 Å². The maximum absolute atomic E-state index is 13.1. The van der Waals surface area contributed by atoms with Crippen molar-refractivity contribution in [2.45, 2.75) is 13.3 Å². The van der Waals surface area contributed by atoms with Crippen LogP contribution in [0.4, 0.5) is 0 Å². The van der Waals surface area contributed by atoms with Gasteiger partial charge in [0, 0.05) is 12.0 Å². The summed E-state index contributed by atoms with van der Waals surface area (Å²) in [5.74, 6) is -1.79. The van der Waals surface area contributed by atoms with Crippen LogP contribution in [0, 0.1) is 5.92 Å². The van der Waals surface area contributed by atoms with Gasteiger partial charge in [-0.2, -0.15) is 0 Å². The summed E-state index contributed by atoms with van der Waals surface area (Å²) >= 11 is 0. The monoisotopic (exact) mass is 402 g/mol. The van der Waals surface area contributed by atoms with Crippen LogP contribution in [0.1, 0.15) is 34.1 Å². The molecule has 0 aliphatic carbocycles. The molecule has 0 N–H and O–H groups in total. The summed E-state index contributed by atoms with van der Waals surface area (Å²) in [6.07, 6.45) is -0.304. The minimum absolute atomic E-state index is 0.124. The Morgan fingerprint density at radius 2 is 1.40 bits per heavy atom. The maximum Gasteiger partial charge on any atom is 0.317 e. The zero-order valence-corrected chi connectivity index (χ0v) is 16.6. The smallest absolute Gasteiger partial charge is 0.317 e. The van der Waals surface area contributed by atoms with E-state index >= 15 is 0 Å². The van der Waals surface area contributed by atoms with Gasteiger partial charge in [0.15, 0.2) is 11.6 Å². The molecule has 3 aromatic rings. The third-order valence-electron chi connectivity index (χ3n) is 4.49. The number of hydrogen-bond donors (Lipinski definition) is 0. The van der Waals surface area contributed by atoms with E-state index < -0.39 is 17.7 Å². The predicted molar refractivity (Wildman–Crippen MR) is 113 cm³/mol. The van der Waals surface area contributed by atoms with Gasteiger partial charge < -0.3 is 9.47 Å². The Kier molecular flexibility index (Phi) is 7.11. The first-order valence-corrected chi connectivity index (χ1v) is 9.71. The Morgan fingerprint density at radius 3 is 2.07 bits per heavy atom. The molecule has 0 aliphatic rings. The van der Waals surface area contributed by atoms with Crippen LogP contribution in [-0.4, -0.2) is 24.1 Å². The van der Waals surface area contributed by atoms with E-state index in [9.17, 15) is 14.4 Å². The molecule has 0 spiro atoms. The standard InChI is InChI=1S/C25H22O5/c1-2-29-25(28)21(24(27)18-11-5-3-6-12-18)17-22(26)20-15-9-10-16-23(20)30-19-13-7-4-8-14-19/h3-16,21H,2,17H2,1H3. The SMILES string of the molecule is CCOC(=O)C(CC(=O)c1ccccc1Oc1ccccc1)C(=O)c1ccccc1. The third kappa shape index (κ3) is 5.20. The number of Topliss-reactive ketones (excluding diaryl/α,β-unsaturated/α-hetero) is 2.